The number of carbonyl (C=O) groups excluding carboxylic acids is 4. The van der Waals surface area contributed by atoms with Gasteiger partial charge in [-0.05, 0) is 68.1 Å². The third kappa shape index (κ3) is 4.32. The zero-order valence-electron chi connectivity index (χ0n) is 18.0. The first-order chi connectivity index (χ1) is 15.3. The van der Waals surface area contributed by atoms with Crippen LogP contribution >= 0.6 is 0 Å². The molecule has 2 aromatic rings. The fourth-order valence-electron chi connectivity index (χ4n) is 4.29. The van der Waals surface area contributed by atoms with Crippen LogP contribution in [0, 0.1) is 25.7 Å². The van der Waals surface area contributed by atoms with Crippen molar-refractivity contribution in [1.29, 1.82) is 0 Å². The Bertz CT molecular complexity index is 1090. The summed E-state index contributed by atoms with van der Waals surface area (Å²) >= 11 is 0. The van der Waals surface area contributed by atoms with Gasteiger partial charge in [-0.15, -0.1) is 0 Å². The first-order valence-electron chi connectivity index (χ1n) is 10.5. The van der Waals surface area contributed by atoms with Gasteiger partial charge in [0.05, 0.1) is 23.1 Å². The first kappa shape index (κ1) is 21.5. The highest BCUT2D eigenvalue weighted by Gasteiger charge is 2.47. The van der Waals surface area contributed by atoms with E-state index in [1.54, 1.807) is 12.1 Å². The minimum absolute atomic E-state index is 0.162. The van der Waals surface area contributed by atoms with E-state index >= 15 is 0 Å². The fourth-order valence-corrected chi connectivity index (χ4v) is 4.29. The quantitative estimate of drug-likeness (QED) is 0.443. The third-order valence-electron chi connectivity index (χ3n) is 5.69. The third-order valence-corrected chi connectivity index (χ3v) is 5.69. The van der Waals surface area contributed by atoms with Gasteiger partial charge in [0.25, 0.3) is 5.91 Å². The average Bonchev–Trinajstić information content (AvgIpc) is 3.02. The van der Waals surface area contributed by atoms with Crippen molar-refractivity contribution < 1.29 is 23.9 Å². The lowest BCUT2D eigenvalue weighted by atomic mass is 9.85. The van der Waals surface area contributed by atoms with Crippen LogP contribution in [0.25, 0.3) is 0 Å². The van der Waals surface area contributed by atoms with Gasteiger partial charge in [-0.3, -0.25) is 19.3 Å². The van der Waals surface area contributed by atoms with Crippen molar-refractivity contribution in [3.8, 4) is 0 Å². The number of esters is 1. The van der Waals surface area contributed by atoms with Crippen LogP contribution < -0.4 is 10.2 Å². The molecule has 2 atom stereocenters. The second-order valence-corrected chi connectivity index (χ2v) is 8.22. The van der Waals surface area contributed by atoms with Crippen LogP contribution in [0.1, 0.15) is 34.3 Å². The van der Waals surface area contributed by atoms with Gasteiger partial charge in [0.15, 0.2) is 6.61 Å². The maximum Gasteiger partial charge on any atom is 0.338 e. The number of anilines is 2. The maximum absolute atomic E-state index is 12.8. The molecule has 32 heavy (non-hydrogen) atoms. The second kappa shape index (κ2) is 8.78. The second-order valence-electron chi connectivity index (χ2n) is 8.22. The van der Waals surface area contributed by atoms with Crippen LogP contribution in [-0.4, -0.2) is 30.3 Å². The Balaban J connectivity index is 1.41. The molecule has 2 aliphatic rings. The van der Waals surface area contributed by atoms with E-state index in [-0.39, 0.29) is 29.2 Å². The monoisotopic (exact) mass is 432 g/mol. The zero-order valence-corrected chi connectivity index (χ0v) is 18.0. The number of nitrogens with zero attached hydrogens (tertiary/aromatic N) is 1. The van der Waals surface area contributed by atoms with E-state index in [0.29, 0.717) is 24.2 Å². The zero-order chi connectivity index (χ0) is 22.8. The molecule has 0 bridgehead atoms. The van der Waals surface area contributed by atoms with Crippen LogP contribution in [0.2, 0.25) is 0 Å². The van der Waals surface area contributed by atoms with Gasteiger partial charge in [-0.2, -0.15) is 0 Å². The van der Waals surface area contributed by atoms with Gasteiger partial charge in [0.2, 0.25) is 11.8 Å². The molecule has 0 aromatic heterocycles. The average molecular weight is 432 g/mol. The van der Waals surface area contributed by atoms with E-state index in [1.807, 2.05) is 44.2 Å². The number of imide groups is 1. The summed E-state index contributed by atoms with van der Waals surface area (Å²) < 4.78 is 5.14. The van der Waals surface area contributed by atoms with E-state index in [0.717, 1.165) is 16.0 Å². The minimum atomic E-state index is -0.708. The summed E-state index contributed by atoms with van der Waals surface area (Å²) in [6, 6.07) is 11.8. The Kier molecular flexibility index (Phi) is 5.90. The normalized spacial score (nSPS) is 19.6. The van der Waals surface area contributed by atoms with Gasteiger partial charge in [-0.25, -0.2) is 4.79 Å². The Morgan fingerprint density at radius 2 is 1.59 bits per heavy atom. The number of hydrogen-bond acceptors (Lipinski definition) is 5. The Morgan fingerprint density at radius 1 is 0.969 bits per heavy atom. The molecule has 4 rings (SSSR count). The van der Waals surface area contributed by atoms with E-state index < -0.39 is 18.5 Å². The predicted molar refractivity (Wildman–Crippen MR) is 119 cm³/mol. The largest absolute Gasteiger partial charge is 0.452 e. The van der Waals surface area contributed by atoms with E-state index in [1.165, 1.54) is 12.1 Å². The lowest BCUT2D eigenvalue weighted by molar-refractivity contribution is -0.122. The maximum atomic E-state index is 12.8. The lowest BCUT2D eigenvalue weighted by Gasteiger charge is -2.15. The molecule has 2 aromatic carbocycles. The van der Waals surface area contributed by atoms with Crippen LogP contribution in [0.15, 0.2) is 54.6 Å². The molecule has 0 spiro atoms. The number of aryl methyl sites for hydroxylation is 2. The van der Waals surface area contributed by atoms with Crippen molar-refractivity contribution in [2.75, 3.05) is 16.8 Å². The predicted octanol–water partition coefficient (Wildman–Crippen LogP) is 3.55. The highest BCUT2D eigenvalue weighted by molar-refractivity contribution is 6.22. The van der Waals surface area contributed by atoms with Gasteiger partial charge in [-0.1, -0.05) is 24.3 Å². The SMILES string of the molecule is Cc1cc(C)cc(NC(=O)COC(=O)c2cccc(N3C(=O)[C@H]4CC=CC[C@H]4C3=O)c2)c1. The van der Waals surface area contributed by atoms with Crippen LogP contribution in [0.3, 0.4) is 0 Å². The molecule has 0 radical (unpaired) electrons. The molecule has 164 valence electrons. The van der Waals surface area contributed by atoms with Crippen molar-refractivity contribution in [2.45, 2.75) is 26.7 Å². The number of benzene rings is 2. The van der Waals surface area contributed by atoms with Crippen LogP contribution in [0.4, 0.5) is 11.4 Å². The summed E-state index contributed by atoms with van der Waals surface area (Å²) in [6.07, 6.45) is 4.94. The number of carbonyl (C=O) groups is 4. The van der Waals surface area contributed by atoms with Crippen molar-refractivity contribution >= 4 is 35.1 Å². The summed E-state index contributed by atoms with van der Waals surface area (Å²) in [5.41, 5.74) is 3.15. The molecular formula is C25H24N2O5. The summed E-state index contributed by atoms with van der Waals surface area (Å²) in [5, 5.41) is 2.71. The van der Waals surface area contributed by atoms with Crippen molar-refractivity contribution in [3.63, 3.8) is 0 Å². The smallest absolute Gasteiger partial charge is 0.338 e. The Morgan fingerprint density at radius 3 is 2.22 bits per heavy atom. The summed E-state index contributed by atoms with van der Waals surface area (Å²) in [6.45, 7) is 3.40. The highest BCUT2D eigenvalue weighted by Crippen LogP contribution is 2.37. The minimum Gasteiger partial charge on any atom is -0.452 e. The van der Waals surface area contributed by atoms with E-state index in [9.17, 15) is 19.2 Å². The van der Waals surface area contributed by atoms with E-state index in [4.69, 9.17) is 4.74 Å². The molecule has 1 aliphatic heterocycles. The standard InChI is InChI=1S/C25H24N2O5/c1-15-10-16(2)12-18(11-15)26-22(28)14-32-25(31)17-6-5-7-19(13-17)27-23(29)20-8-3-4-9-21(20)24(27)30/h3-7,10-13,20-21H,8-9,14H2,1-2H3,(H,26,28)/t20-,21+. The highest BCUT2D eigenvalue weighted by atomic mass is 16.5. The van der Waals surface area contributed by atoms with Gasteiger partial charge in [0.1, 0.15) is 0 Å². The van der Waals surface area contributed by atoms with Gasteiger partial charge >= 0.3 is 5.97 Å². The number of ether oxygens (including phenoxy) is 1. The van der Waals surface area contributed by atoms with Crippen LogP contribution in [0.5, 0.6) is 0 Å². The molecule has 1 heterocycles. The topological polar surface area (TPSA) is 92.8 Å². The lowest BCUT2D eigenvalue weighted by Crippen LogP contribution is -2.31. The first-order valence-corrected chi connectivity index (χ1v) is 10.5. The fraction of sp³-hybridized carbons (Fsp3) is 0.280. The molecule has 0 unspecified atom stereocenters. The molecule has 7 nitrogen and oxygen atoms in total. The number of nitrogens with one attached hydrogen (secondary N) is 1. The number of hydrogen-bond donors (Lipinski definition) is 1. The summed E-state index contributed by atoms with van der Waals surface area (Å²) in [5.74, 6) is -2.36. The molecule has 1 aliphatic carbocycles. The van der Waals surface area contributed by atoms with Gasteiger partial charge < -0.3 is 10.1 Å². The summed E-state index contributed by atoms with van der Waals surface area (Å²) in [4.78, 5) is 51.4. The van der Waals surface area contributed by atoms with E-state index in [2.05, 4.69) is 5.32 Å². The molecular weight excluding hydrogens is 408 g/mol. The van der Waals surface area contributed by atoms with Crippen molar-refractivity contribution in [3.05, 3.63) is 71.3 Å². The number of allylic oxidation sites excluding steroid dienone is 2. The molecule has 1 N–H and O–H groups in total. The van der Waals surface area contributed by atoms with Gasteiger partial charge in [0, 0.05) is 5.69 Å². The Labute approximate surface area is 186 Å². The number of rotatable bonds is 5. The molecule has 3 amide bonds. The summed E-state index contributed by atoms with van der Waals surface area (Å²) in [7, 11) is 0. The molecule has 7 heteroatoms. The molecule has 1 fully saturated rings. The van der Waals surface area contributed by atoms with Crippen LogP contribution in [-0.2, 0) is 19.1 Å². The number of fused-ring (bicyclic) bond motifs is 1. The van der Waals surface area contributed by atoms with Crippen molar-refractivity contribution in [1.82, 2.24) is 0 Å². The molecule has 1 saturated heterocycles. The number of amides is 3. The van der Waals surface area contributed by atoms with Crippen molar-refractivity contribution in [2.24, 2.45) is 11.8 Å². The molecule has 0 saturated carbocycles. The Hall–Kier alpha value is -3.74.